The highest BCUT2D eigenvalue weighted by molar-refractivity contribution is 9.10. The number of rotatable bonds is 6. The molecule has 0 bridgehead atoms. The lowest BCUT2D eigenvalue weighted by atomic mass is 10.2. The van der Waals surface area contributed by atoms with E-state index in [0.717, 1.165) is 21.3 Å². The maximum absolute atomic E-state index is 12.1. The summed E-state index contributed by atoms with van der Waals surface area (Å²) in [5, 5.41) is 2.90. The van der Waals surface area contributed by atoms with Crippen molar-refractivity contribution in [2.75, 3.05) is 6.79 Å². The highest BCUT2D eigenvalue weighted by Gasteiger charge is 2.14. The number of fused-ring (bicyclic) bond motifs is 1. The van der Waals surface area contributed by atoms with E-state index in [4.69, 9.17) is 13.9 Å². The number of nitrogens with one attached hydrogen (secondary N) is 1. The van der Waals surface area contributed by atoms with Crippen LogP contribution < -0.4 is 14.8 Å². The minimum atomic E-state index is -0.0592. The van der Waals surface area contributed by atoms with E-state index in [9.17, 15) is 4.79 Å². The predicted octanol–water partition coefficient (Wildman–Crippen LogP) is 4.08. The van der Waals surface area contributed by atoms with Crippen molar-refractivity contribution in [3.05, 3.63) is 64.6 Å². The molecule has 0 saturated heterocycles. The number of carbonyl (C=O) groups is 1. The number of amides is 1. The second-order valence-corrected chi connectivity index (χ2v) is 7.01. The van der Waals surface area contributed by atoms with Gasteiger partial charge in [0.25, 0.3) is 0 Å². The molecule has 2 aromatic carbocycles. The molecule has 7 heteroatoms. The van der Waals surface area contributed by atoms with Crippen LogP contribution in [-0.4, -0.2) is 17.7 Å². The molecular formula is C20H17BrN2O4. The van der Waals surface area contributed by atoms with Crippen LogP contribution in [0.25, 0.3) is 11.3 Å². The summed E-state index contributed by atoms with van der Waals surface area (Å²) in [6.07, 6.45) is 2.44. The molecule has 0 spiro atoms. The molecule has 1 aliphatic heterocycles. The van der Waals surface area contributed by atoms with E-state index in [1.807, 2.05) is 42.5 Å². The van der Waals surface area contributed by atoms with Crippen LogP contribution in [0.15, 0.2) is 57.6 Å². The summed E-state index contributed by atoms with van der Waals surface area (Å²) < 4.78 is 17.4. The summed E-state index contributed by atoms with van der Waals surface area (Å²) in [5.41, 5.74) is 1.91. The molecule has 0 radical (unpaired) electrons. The van der Waals surface area contributed by atoms with Gasteiger partial charge in [0.1, 0.15) is 0 Å². The number of aryl methyl sites for hydroxylation is 1. The van der Waals surface area contributed by atoms with Gasteiger partial charge in [0.2, 0.25) is 12.7 Å². The Morgan fingerprint density at radius 1 is 1.11 bits per heavy atom. The molecular weight excluding hydrogens is 412 g/mol. The fourth-order valence-electron chi connectivity index (χ4n) is 2.73. The summed E-state index contributed by atoms with van der Waals surface area (Å²) in [4.78, 5) is 16.4. The molecule has 4 rings (SSSR count). The molecule has 0 unspecified atom stereocenters. The van der Waals surface area contributed by atoms with Gasteiger partial charge >= 0.3 is 0 Å². The molecule has 0 fully saturated rings. The summed E-state index contributed by atoms with van der Waals surface area (Å²) in [7, 11) is 0. The van der Waals surface area contributed by atoms with Gasteiger partial charge in [-0.15, -0.1) is 0 Å². The van der Waals surface area contributed by atoms with Crippen LogP contribution >= 0.6 is 15.9 Å². The molecule has 2 heterocycles. The Bertz CT molecular complexity index is 953. The molecule has 0 aliphatic carbocycles. The van der Waals surface area contributed by atoms with E-state index in [-0.39, 0.29) is 12.7 Å². The van der Waals surface area contributed by atoms with Crippen LogP contribution in [-0.2, 0) is 17.8 Å². The molecule has 0 atom stereocenters. The lowest BCUT2D eigenvalue weighted by Gasteiger charge is -2.05. The number of nitrogens with zero attached hydrogens (tertiary/aromatic N) is 1. The molecule has 27 heavy (non-hydrogen) atoms. The summed E-state index contributed by atoms with van der Waals surface area (Å²) >= 11 is 3.41. The minimum absolute atomic E-state index is 0.0592. The third-order valence-electron chi connectivity index (χ3n) is 4.17. The van der Waals surface area contributed by atoms with E-state index in [1.54, 1.807) is 6.20 Å². The van der Waals surface area contributed by atoms with Gasteiger partial charge in [-0.2, -0.15) is 0 Å². The Hall–Kier alpha value is -2.80. The molecule has 1 N–H and O–H groups in total. The third-order valence-corrected chi connectivity index (χ3v) is 4.70. The first-order chi connectivity index (χ1) is 13.2. The van der Waals surface area contributed by atoms with Crippen molar-refractivity contribution >= 4 is 21.8 Å². The van der Waals surface area contributed by atoms with Crippen molar-refractivity contribution in [1.82, 2.24) is 10.3 Å². The van der Waals surface area contributed by atoms with Gasteiger partial charge < -0.3 is 19.2 Å². The number of ether oxygens (including phenoxy) is 2. The van der Waals surface area contributed by atoms with Crippen LogP contribution in [0, 0.1) is 0 Å². The third kappa shape index (κ3) is 4.31. The van der Waals surface area contributed by atoms with Crippen molar-refractivity contribution in [3.8, 4) is 22.8 Å². The van der Waals surface area contributed by atoms with Crippen molar-refractivity contribution in [3.63, 3.8) is 0 Å². The molecule has 3 aromatic rings. The normalized spacial score (nSPS) is 12.2. The van der Waals surface area contributed by atoms with Gasteiger partial charge in [-0.1, -0.05) is 34.1 Å². The van der Waals surface area contributed by atoms with Crippen molar-refractivity contribution < 1.29 is 18.7 Å². The highest BCUT2D eigenvalue weighted by atomic mass is 79.9. The Morgan fingerprint density at radius 2 is 1.93 bits per heavy atom. The standard InChI is InChI=1S/C20H17BrN2O4/c21-15-4-2-14(3-5-15)18-11-23-20(27-18)8-7-19(24)22-10-13-1-6-16-17(9-13)26-12-25-16/h1-6,9,11H,7-8,10,12H2,(H,22,24). The number of hydrogen-bond acceptors (Lipinski definition) is 5. The maximum atomic E-state index is 12.1. The molecule has 0 saturated carbocycles. The number of oxazole rings is 1. The van der Waals surface area contributed by atoms with Gasteiger partial charge in [-0.25, -0.2) is 4.98 Å². The summed E-state index contributed by atoms with van der Waals surface area (Å²) in [6.45, 7) is 0.675. The van der Waals surface area contributed by atoms with Gasteiger partial charge in [0.05, 0.1) is 6.20 Å². The van der Waals surface area contributed by atoms with Crippen LogP contribution in [0.1, 0.15) is 17.9 Å². The molecule has 1 aromatic heterocycles. The second-order valence-electron chi connectivity index (χ2n) is 6.09. The summed E-state index contributed by atoms with van der Waals surface area (Å²) in [6, 6.07) is 13.4. The average molecular weight is 429 g/mol. The fourth-order valence-corrected chi connectivity index (χ4v) is 3.00. The number of aromatic nitrogens is 1. The average Bonchev–Trinajstić information content (AvgIpc) is 3.34. The monoisotopic (exact) mass is 428 g/mol. The first-order valence-corrected chi connectivity index (χ1v) is 9.32. The molecule has 6 nitrogen and oxygen atoms in total. The Labute approximate surface area is 164 Å². The number of hydrogen-bond donors (Lipinski definition) is 1. The molecule has 1 aliphatic rings. The van der Waals surface area contributed by atoms with Crippen molar-refractivity contribution in [2.24, 2.45) is 0 Å². The predicted molar refractivity (Wildman–Crippen MR) is 102 cm³/mol. The van der Waals surface area contributed by atoms with Gasteiger partial charge in [0, 0.05) is 29.4 Å². The Balaban J connectivity index is 1.27. The van der Waals surface area contributed by atoms with Crippen molar-refractivity contribution in [1.29, 1.82) is 0 Å². The van der Waals surface area contributed by atoms with Crippen LogP contribution in [0.3, 0.4) is 0 Å². The Morgan fingerprint density at radius 3 is 2.78 bits per heavy atom. The second kappa shape index (κ2) is 7.84. The van der Waals surface area contributed by atoms with Gasteiger partial charge in [0.15, 0.2) is 23.1 Å². The zero-order valence-electron chi connectivity index (χ0n) is 14.4. The van der Waals surface area contributed by atoms with Gasteiger partial charge in [-0.3, -0.25) is 4.79 Å². The lowest BCUT2D eigenvalue weighted by molar-refractivity contribution is -0.121. The zero-order chi connectivity index (χ0) is 18.6. The lowest BCUT2D eigenvalue weighted by Crippen LogP contribution is -2.23. The largest absolute Gasteiger partial charge is 0.454 e. The van der Waals surface area contributed by atoms with E-state index in [0.29, 0.717) is 36.8 Å². The van der Waals surface area contributed by atoms with Gasteiger partial charge in [-0.05, 0) is 29.8 Å². The molecule has 138 valence electrons. The molecule has 1 amide bonds. The van der Waals surface area contributed by atoms with E-state index in [1.165, 1.54) is 0 Å². The van der Waals surface area contributed by atoms with Crippen LogP contribution in [0.2, 0.25) is 0 Å². The first-order valence-electron chi connectivity index (χ1n) is 8.53. The quantitative estimate of drug-likeness (QED) is 0.639. The fraction of sp³-hybridized carbons (Fsp3) is 0.200. The van der Waals surface area contributed by atoms with E-state index < -0.39 is 0 Å². The number of carbonyl (C=O) groups excluding carboxylic acids is 1. The van der Waals surface area contributed by atoms with Crippen molar-refractivity contribution in [2.45, 2.75) is 19.4 Å². The number of benzene rings is 2. The zero-order valence-corrected chi connectivity index (χ0v) is 16.0. The first kappa shape index (κ1) is 17.6. The van der Waals surface area contributed by atoms with Crippen LogP contribution in [0.5, 0.6) is 11.5 Å². The summed E-state index contributed by atoms with van der Waals surface area (Å²) in [5.74, 6) is 2.62. The Kier molecular flexibility index (Phi) is 5.11. The topological polar surface area (TPSA) is 73.6 Å². The van der Waals surface area contributed by atoms with Crippen LogP contribution in [0.4, 0.5) is 0 Å². The maximum Gasteiger partial charge on any atom is 0.231 e. The SMILES string of the molecule is O=C(CCc1ncc(-c2ccc(Br)cc2)o1)NCc1ccc2c(c1)OCO2. The smallest absolute Gasteiger partial charge is 0.231 e. The van der Waals surface area contributed by atoms with E-state index in [2.05, 4.69) is 26.2 Å². The highest BCUT2D eigenvalue weighted by Crippen LogP contribution is 2.32. The minimum Gasteiger partial charge on any atom is -0.454 e. The number of halogens is 1. The van der Waals surface area contributed by atoms with E-state index >= 15 is 0 Å².